The molecule has 0 spiro atoms. The maximum Gasteiger partial charge on any atom is 0.203 e. The van der Waals surface area contributed by atoms with E-state index >= 15 is 0 Å². The molecule has 82 valence electrons. The van der Waals surface area contributed by atoms with Gasteiger partial charge in [0.1, 0.15) is 12.0 Å². The first-order valence-electron chi connectivity index (χ1n) is 4.62. The maximum atomic E-state index is 10.5. The van der Waals surface area contributed by atoms with Crippen LogP contribution in [0, 0.1) is 6.92 Å². The van der Waals surface area contributed by atoms with Crippen molar-refractivity contribution in [3.05, 3.63) is 30.0 Å². The zero-order valence-electron chi connectivity index (χ0n) is 8.91. The highest BCUT2D eigenvalue weighted by Crippen LogP contribution is 2.19. The molecule has 2 aromatic rings. The summed E-state index contributed by atoms with van der Waals surface area (Å²) in [4.78, 5) is 14.6. The number of carbonyl (C=O) groups is 1. The summed E-state index contributed by atoms with van der Waals surface area (Å²) in [5.74, 6) is 0.989. The first kappa shape index (κ1) is 10.3. The first-order valence-corrected chi connectivity index (χ1v) is 4.62. The number of nitrogens with zero attached hydrogens (tertiary/aromatic N) is 4. The number of aryl methyl sites for hydroxylation is 1. The van der Waals surface area contributed by atoms with E-state index in [1.807, 2.05) is 6.92 Å². The predicted molar refractivity (Wildman–Crippen MR) is 55.8 cm³/mol. The molecule has 0 aromatic carbocycles. The van der Waals surface area contributed by atoms with E-state index in [9.17, 15) is 4.79 Å². The van der Waals surface area contributed by atoms with Crippen molar-refractivity contribution in [1.29, 1.82) is 0 Å². The van der Waals surface area contributed by atoms with Crippen molar-refractivity contribution >= 4 is 6.29 Å². The van der Waals surface area contributed by atoms with Crippen molar-refractivity contribution in [2.75, 3.05) is 7.11 Å². The summed E-state index contributed by atoms with van der Waals surface area (Å²) in [6.45, 7) is 1.87. The van der Waals surface area contributed by atoms with Gasteiger partial charge < -0.3 is 4.74 Å². The molecule has 0 radical (unpaired) electrons. The van der Waals surface area contributed by atoms with Gasteiger partial charge in [-0.25, -0.2) is 4.98 Å². The Bertz CT molecular complexity index is 521. The fourth-order valence-corrected chi connectivity index (χ4v) is 1.31. The van der Waals surface area contributed by atoms with Crippen LogP contribution in [0.5, 0.6) is 5.75 Å². The van der Waals surface area contributed by atoms with Crippen LogP contribution in [0.2, 0.25) is 0 Å². The Labute approximate surface area is 91.9 Å². The largest absolute Gasteiger partial charge is 0.493 e. The van der Waals surface area contributed by atoms with Crippen LogP contribution in [0.15, 0.2) is 18.6 Å². The summed E-state index contributed by atoms with van der Waals surface area (Å²) < 4.78 is 6.83. The van der Waals surface area contributed by atoms with Crippen LogP contribution in [0.1, 0.15) is 16.2 Å². The predicted octanol–water partition coefficient (Wildman–Crippen LogP) is 0.792. The van der Waals surface area contributed by atoms with E-state index in [2.05, 4.69) is 15.2 Å². The van der Waals surface area contributed by atoms with Gasteiger partial charge in [-0.15, -0.1) is 10.2 Å². The highest BCUT2D eigenvalue weighted by Gasteiger charge is 2.09. The van der Waals surface area contributed by atoms with Gasteiger partial charge in [0.25, 0.3) is 0 Å². The minimum atomic E-state index is 0.234. The molecule has 0 fully saturated rings. The second-order valence-corrected chi connectivity index (χ2v) is 3.20. The molecule has 2 aromatic heterocycles. The topological polar surface area (TPSA) is 69.9 Å². The fourth-order valence-electron chi connectivity index (χ4n) is 1.31. The zero-order valence-corrected chi connectivity index (χ0v) is 8.91. The quantitative estimate of drug-likeness (QED) is 0.712. The summed E-state index contributed by atoms with van der Waals surface area (Å²) in [6.07, 6.45) is 4.04. The molecular weight excluding hydrogens is 208 g/mol. The number of rotatable bonds is 3. The Morgan fingerprint density at radius 3 is 2.81 bits per heavy atom. The average molecular weight is 218 g/mol. The number of ether oxygens (including phenoxy) is 1. The second-order valence-electron chi connectivity index (χ2n) is 3.20. The van der Waals surface area contributed by atoms with Crippen LogP contribution in [-0.2, 0) is 0 Å². The number of aldehydes is 1. The molecule has 0 aliphatic carbocycles. The van der Waals surface area contributed by atoms with E-state index < -0.39 is 0 Å². The molecule has 0 saturated heterocycles. The van der Waals surface area contributed by atoms with Crippen molar-refractivity contribution in [3.63, 3.8) is 0 Å². The molecule has 0 aliphatic rings. The van der Waals surface area contributed by atoms with Crippen LogP contribution in [-0.4, -0.2) is 33.1 Å². The summed E-state index contributed by atoms with van der Waals surface area (Å²) >= 11 is 0. The van der Waals surface area contributed by atoms with Gasteiger partial charge in [0, 0.05) is 12.3 Å². The Balaban J connectivity index is 2.52. The van der Waals surface area contributed by atoms with Crippen molar-refractivity contribution in [2.24, 2.45) is 0 Å². The van der Waals surface area contributed by atoms with E-state index in [4.69, 9.17) is 4.74 Å². The highest BCUT2D eigenvalue weighted by atomic mass is 16.5. The minimum Gasteiger partial charge on any atom is -0.493 e. The fraction of sp³-hybridized carbons (Fsp3) is 0.200. The number of imidazole rings is 1. The molecule has 0 bridgehead atoms. The molecular formula is C10H10N4O2. The maximum absolute atomic E-state index is 10.5. The summed E-state index contributed by atoms with van der Waals surface area (Å²) in [6, 6.07) is 1.53. The molecule has 0 atom stereocenters. The normalized spacial score (nSPS) is 10.1. The number of hydrogen-bond acceptors (Lipinski definition) is 5. The number of aromatic nitrogens is 4. The van der Waals surface area contributed by atoms with Gasteiger partial charge in [-0.05, 0) is 6.92 Å². The number of carbonyl (C=O) groups excluding carboxylic acids is 1. The van der Waals surface area contributed by atoms with E-state index in [0.717, 1.165) is 5.69 Å². The monoisotopic (exact) mass is 218 g/mol. The van der Waals surface area contributed by atoms with Crippen molar-refractivity contribution < 1.29 is 9.53 Å². The lowest BCUT2D eigenvalue weighted by Crippen LogP contribution is -2.03. The average Bonchev–Trinajstić information content (AvgIpc) is 2.74. The molecule has 6 nitrogen and oxygen atoms in total. The van der Waals surface area contributed by atoms with Gasteiger partial charge in [-0.1, -0.05) is 0 Å². The SMILES string of the molecule is COc1cc(C=O)nnc1-n1cnc(C)c1. The third kappa shape index (κ3) is 1.77. The molecule has 6 heteroatoms. The molecule has 0 N–H and O–H groups in total. The van der Waals surface area contributed by atoms with Crippen LogP contribution >= 0.6 is 0 Å². The van der Waals surface area contributed by atoms with Gasteiger partial charge in [-0.3, -0.25) is 9.36 Å². The van der Waals surface area contributed by atoms with Gasteiger partial charge in [0.05, 0.1) is 12.8 Å². The lowest BCUT2D eigenvalue weighted by Gasteiger charge is -2.06. The molecule has 0 aliphatic heterocycles. The van der Waals surface area contributed by atoms with E-state index in [1.54, 1.807) is 17.1 Å². The van der Waals surface area contributed by atoms with Crippen LogP contribution in [0.25, 0.3) is 5.82 Å². The molecule has 0 amide bonds. The van der Waals surface area contributed by atoms with Crippen molar-refractivity contribution in [2.45, 2.75) is 6.92 Å². The third-order valence-electron chi connectivity index (χ3n) is 2.06. The second kappa shape index (κ2) is 4.09. The molecule has 0 unspecified atom stereocenters. The molecule has 0 saturated carbocycles. The van der Waals surface area contributed by atoms with Gasteiger partial charge in [-0.2, -0.15) is 0 Å². The van der Waals surface area contributed by atoms with E-state index in [1.165, 1.54) is 13.2 Å². The zero-order chi connectivity index (χ0) is 11.5. The summed E-state index contributed by atoms with van der Waals surface area (Å²) in [7, 11) is 1.51. The van der Waals surface area contributed by atoms with Crippen molar-refractivity contribution in [3.8, 4) is 11.6 Å². The lowest BCUT2D eigenvalue weighted by atomic mass is 10.4. The smallest absolute Gasteiger partial charge is 0.203 e. The first-order chi connectivity index (χ1) is 7.74. The van der Waals surface area contributed by atoms with Crippen molar-refractivity contribution in [1.82, 2.24) is 19.7 Å². The minimum absolute atomic E-state index is 0.234. The third-order valence-corrected chi connectivity index (χ3v) is 2.06. The molecule has 2 rings (SSSR count). The Kier molecular flexibility index (Phi) is 2.63. The Morgan fingerprint density at radius 1 is 1.44 bits per heavy atom. The number of methoxy groups -OCH3 is 1. The summed E-state index contributed by atoms with van der Waals surface area (Å²) in [5.41, 5.74) is 1.10. The standard InChI is InChI=1S/C10H10N4O2/c1-7-4-14(6-11-7)10-9(16-2)3-8(5-15)12-13-10/h3-6H,1-2H3. The van der Waals surface area contributed by atoms with Crippen LogP contribution < -0.4 is 4.74 Å². The molecule has 16 heavy (non-hydrogen) atoms. The van der Waals surface area contributed by atoms with Gasteiger partial charge in [0.15, 0.2) is 12.0 Å². The summed E-state index contributed by atoms with van der Waals surface area (Å²) in [5, 5.41) is 7.67. The van der Waals surface area contributed by atoms with E-state index in [0.29, 0.717) is 17.9 Å². The van der Waals surface area contributed by atoms with Gasteiger partial charge >= 0.3 is 0 Å². The number of hydrogen-bond donors (Lipinski definition) is 0. The van der Waals surface area contributed by atoms with Gasteiger partial charge in [0.2, 0.25) is 5.82 Å². The van der Waals surface area contributed by atoms with Crippen LogP contribution in [0.3, 0.4) is 0 Å². The van der Waals surface area contributed by atoms with Crippen LogP contribution in [0.4, 0.5) is 0 Å². The molecule has 2 heterocycles. The van der Waals surface area contributed by atoms with E-state index in [-0.39, 0.29) is 5.69 Å². The lowest BCUT2D eigenvalue weighted by molar-refractivity contribution is 0.111. The highest BCUT2D eigenvalue weighted by molar-refractivity contribution is 5.72. The Morgan fingerprint density at radius 2 is 2.25 bits per heavy atom. The Hall–Kier alpha value is -2.24.